The van der Waals surface area contributed by atoms with Gasteiger partial charge in [0.15, 0.2) is 25.5 Å². The summed E-state index contributed by atoms with van der Waals surface area (Å²) in [6.45, 7) is 0. The summed E-state index contributed by atoms with van der Waals surface area (Å²) >= 11 is 0. The van der Waals surface area contributed by atoms with E-state index in [4.69, 9.17) is 29.9 Å². The number of benzene rings is 20. The van der Waals surface area contributed by atoms with E-state index in [0.717, 1.165) is 112 Å². The lowest BCUT2D eigenvalue weighted by atomic mass is 9.65. The maximum Gasteiger partial charge on any atom is 0.179 e. The van der Waals surface area contributed by atoms with Crippen molar-refractivity contribution in [2.75, 3.05) is 0 Å². The Morgan fingerprint density at radius 3 is 0.683 bits per heavy atom. The Balaban J connectivity index is 0.000000124. The standard InChI is InChI=1S/C53H37N3.C41H30N2.C40H30N2Si/c1-6-19-38(20-7-1)48-37-49(39-33-34-51-47(36-39)46-31-16-17-32-50(46)56(51)45-29-14-5-15-30-45)55-52(54-48)40-21-18-28-44(35-40)53(41-22-8-2-9-23-41,42-24-10-3-11-25-42)43-26-12-4-13-27-43;1-6-17-31(18-7-1)38-30-39(32-19-8-2-9-20-32)43-40(42-38)33-21-16-28-37(29-33)41(34-22-10-3-11-23-34,35-24-12-4-13-25-35)36-26-14-5-15-27-36;1-6-17-31(18-7-1)38-30-39(32-19-8-2-9-20-32)42-40(41-38)33-21-16-28-37(29-33)43(34-22-10-3-11-23-34,35-24-12-4-13-25-35)36-26-14-5-15-27-36/h1-37H;2*1-30H. The molecule has 672 valence electrons. The minimum Gasteiger partial charge on any atom is -0.309 e. The predicted molar refractivity (Wildman–Crippen MR) is 590 cm³/mol. The molecule has 142 heavy (non-hydrogen) atoms. The van der Waals surface area contributed by atoms with Crippen LogP contribution in [0.4, 0.5) is 0 Å². The van der Waals surface area contributed by atoms with Crippen molar-refractivity contribution in [2.45, 2.75) is 10.8 Å². The maximum absolute atomic E-state index is 5.37. The number of hydrogen-bond acceptors (Lipinski definition) is 6. The van der Waals surface area contributed by atoms with Crippen molar-refractivity contribution in [3.05, 3.63) is 633 Å². The first-order valence-corrected chi connectivity index (χ1v) is 50.3. The fourth-order valence-electron chi connectivity index (χ4n) is 20.5. The normalized spacial score (nSPS) is 11.4. The van der Waals surface area contributed by atoms with E-state index in [1.807, 2.05) is 54.6 Å². The first-order valence-electron chi connectivity index (χ1n) is 48.3. The molecule has 7 nitrogen and oxygen atoms in total. The van der Waals surface area contributed by atoms with E-state index >= 15 is 0 Å². The SMILES string of the molecule is c1ccc(-c2cc(-c3ccc4c(c3)c3ccccc3n4-c3ccccc3)nc(-c3cccc(C(c4ccccc4)(c4ccccc4)c4ccccc4)c3)n2)cc1.c1ccc(-c2cc(-c3ccccc3)nc(-c3cccc(C(c4ccccc4)(c4ccccc4)c4ccccc4)c3)n2)cc1.c1ccc(-c2cc(-c3ccccc3)nc(-c3cccc([Si](c4ccccc4)(c4ccccc4)c4ccccc4)c3)n2)cc1. The molecule has 0 radical (unpaired) electrons. The highest BCUT2D eigenvalue weighted by Crippen LogP contribution is 2.49. The molecule has 0 aliphatic heterocycles. The van der Waals surface area contributed by atoms with Gasteiger partial charge in [-0.1, -0.05) is 528 Å². The van der Waals surface area contributed by atoms with Gasteiger partial charge in [-0.25, -0.2) is 29.9 Å². The Labute approximate surface area is 830 Å². The first kappa shape index (κ1) is 88.9. The highest BCUT2D eigenvalue weighted by atomic mass is 28.3. The molecular weight excluding hydrogens is 1740 g/mol. The smallest absolute Gasteiger partial charge is 0.179 e. The van der Waals surface area contributed by atoms with E-state index in [2.05, 4.69) is 538 Å². The first-order chi connectivity index (χ1) is 70.4. The number of rotatable bonds is 22. The summed E-state index contributed by atoms with van der Waals surface area (Å²) in [7, 11) is -2.67. The molecule has 0 saturated heterocycles. The van der Waals surface area contributed by atoms with Crippen molar-refractivity contribution in [1.82, 2.24) is 34.5 Å². The Hall–Kier alpha value is -18.3. The molecule has 20 aromatic carbocycles. The molecule has 0 saturated carbocycles. The van der Waals surface area contributed by atoms with Crippen molar-refractivity contribution in [3.8, 4) is 107 Å². The second-order valence-corrected chi connectivity index (χ2v) is 39.2. The van der Waals surface area contributed by atoms with Gasteiger partial charge in [0.2, 0.25) is 0 Å². The topological polar surface area (TPSA) is 82.3 Å². The molecular formula is C134H97N7Si. The molecule has 0 aliphatic carbocycles. The zero-order valence-electron chi connectivity index (χ0n) is 78.1. The van der Waals surface area contributed by atoms with Gasteiger partial charge in [-0.3, -0.25) is 0 Å². The highest BCUT2D eigenvalue weighted by Gasteiger charge is 2.43. The second-order valence-electron chi connectivity index (χ2n) is 35.4. The van der Waals surface area contributed by atoms with Crippen molar-refractivity contribution >= 4 is 50.6 Å². The average Bonchev–Trinajstić information content (AvgIpc) is 1.36. The van der Waals surface area contributed by atoms with Crippen LogP contribution < -0.4 is 20.7 Å². The van der Waals surface area contributed by atoms with Crippen LogP contribution in [0.2, 0.25) is 0 Å². The van der Waals surface area contributed by atoms with Crippen LogP contribution in [-0.2, 0) is 10.8 Å². The van der Waals surface area contributed by atoms with Crippen LogP contribution in [0, 0.1) is 0 Å². The van der Waals surface area contributed by atoms with Gasteiger partial charge in [0.05, 0.1) is 56.0 Å². The Morgan fingerprint density at radius 1 is 0.148 bits per heavy atom. The molecule has 0 fully saturated rings. The van der Waals surface area contributed by atoms with E-state index < -0.39 is 18.9 Å². The lowest BCUT2D eigenvalue weighted by Gasteiger charge is -2.37. The third kappa shape index (κ3) is 17.8. The molecule has 0 aliphatic rings. The van der Waals surface area contributed by atoms with E-state index in [1.165, 1.54) is 70.4 Å². The van der Waals surface area contributed by atoms with Crippen LogP contribution in [0.1, 0.15) is 44.5 Å². The molecule has 24 aromatic rings. The monoisotopic (exact) mass is 1830 g/mol. The minimum absolute atomic E-state index is 0.543. The van der Waals surface area contributed by atoms with E-state index in [9.17, 15) is 0 Å². The van der Waals surface area contributed by atoms with Gasteiger partial charge in [0.1, 0.15) is 0 Å². The summed E-state index contributed by atoms with van der Waals surface area (Å²) in [6.07, 6.45) is 0. The van der Waals surface area contributed by atoms with Gasteiger partial charge < -0.3 is 4.57 Å². The van der Waals surface area contributed by atoms with Crippen LogP contribution in [0.5, 0.6) is 0 Å². The van der Waals surface area contributed by atoms with Gasteiger partial charge in [-0.2, -0.15) is 0 Å². The molecule has 0 spiro atoms. The third-order valence-corrected chi connectivity index (χ3v) is 31.8. The van der Waals surface area contributed by atoms with Crippen LogP contribution in [0.25, 0.3) is 129 Å². The minimum atomic E-state index is -2.67. The molecule has 0 atom stereocenters. The average molecular weight is 1830 g/mol. The molecule has 4 heterocycles. The number of para-hydroxylation sites is 2. The van der Waals surface area contributed by atoms with E-state index in [-0.39, 0.29) is 0 Å². The Bertz CT molecular complexity index is 7680. The molecule has 24 rings (SSSR count). The van der Waals surface area contributed by atoms with Crippen molar-refractivity contribution in [1.29, 1.82) is 0 Å². The van der Waals surface area contributed by atoms with Gasteiger partial charge >= 0.3 is 0 Å². The largest absolute Gasteiger partial charge is 0.309 e. The molecule has 0 bridgehead atoms. The molecule has 0 unspecified atom stereocenters. The zero-order valence-corrected chi connectivity index (χ0v) is 79.1. The second kappa shape index (κ2) is 40.9. The Kier molecular flexibility index (Phi) is 25.6. The maximum atomic E-state index is 5.37. The molecule has 8 heteroatoms. The molecule has 0 N–H and O–H groups in total. The van der Waals surface area contributed by atoms with Crippen LogP contribution in [0.3, 0.4) is 0 Å². The van der Waals surface area contributed by atoms with Crippen molar-refractivity contribution in [3.63, 3.8) is 0 Å². The third-order valence-electron chi connectivity index (χ3n) is 27.0. The van der Waals surface area contributed by atoms with E-state index in [1.54, 1.807) is 0 Å². The quantitative estimate of drug-likeness (QED) is 0.0497. The predicted octanol–water partition coefficient (Wildman–Crippen LogP) is 29.7. The number of aromatic nitrogens is 7. The van der Waals surface area contributed by atoms with Gasteiger partial charge in [0, 0.05) is 66.5 Å². The number of fused-ring (bicyclic) bond motifs is 3. The van der Waals surface area contributed by atoms with Crippen molar-refractivity contribution < 1.29 is 0 Å². The summed E-state index contributed by atoms with van der Waals surface area (Å²) in [5.41, 5.74) is 26.5. The van der Waals surface area contributed by atoms with Crippen LogP contribution in [-0.4, -0.2) is 42.5 Å². The molecule has 4 aromatic heterocycles. The summed E-state index contributed by atoms with van der Waals surface area (Å²) < 4.78 is 2.35. The fourth-order valence-corrected chi connectivity index (χ4v) is 25.3. The van der Waals surface area contributed by atoms with Gasteiger partial charge in [-0.15, -0.1) is 0 Å². The summed E-state index contributed by atoms with van der Waals surface area (Å²) in [5.74, 6) is 2.10. The summed E-state index contributed by atoms with van der Waals surface area (Å²) in [4.78, 5) is 31.2. The van der Waals surface area contributed by atoms with Gasteiger partial charge in [0.25, 0.3) is 0 Å². The lowest BCUT2D eigenvalue weighted by molar-refractivity contribution is 0.745. The Morgan fingerprint density at radius 2 is 0.373 bits per heavy atom. The van der Waals surface area contributed by atoms with E-state index in [0.29, 0.717) is 11.6 Å². The number of nitrogens with zero attached hydrogens (tertiary/aromatic N) is 7. The highest BCUT2D eigenvalue weighted by molar-refractivity contribution is 7.20. The number of hydrogen-bond donors (Lipinski definition) is 0. The van der Waals surface area contributed by atoms with Crippen LogP contribution in [0.15, 0.2) is 588 Å². The zero-order chi connectivity index (χ0) is 95.1. The summed E-state index contributed by atoms with van der Waals surface area (Å²) in [6, 6.07) is 208. The fraction of sp³-hybridized carbons (Fsp3) is 0.0149. The summed E-state index contributed by atoms with van der Waals surface area (Å²) in [5, 5.41) is 7.71. The van der Waals surface area contributed by atoms with Crippen molar-refractivity contribution in [2.24, 2.45) is 0 Å². The van der Waals surface area contributed by atoms with Gasteiger partial charge in [-0.05, 0) is 126 Å². The lowest BCUT2D eigenvalue weighted by Crippen LogP contribution is -2.74. The van der Waals surface area contributed by atoms with Crippen LogP contribution >= 0.6 is 0 Å². The molecule has 0 amide bonds.